The van der Waals surface area contributed by atoms with Crippen LogP contribution in [0.3, 0.4) is 0 Å². The fourth-order valence-electron chi connectivity index (χ4n) is 2.27. The minimum Gasteiger partial charge on any atom is -0.399 e. The van der Waals surface area contributed by atoms with Gasteiger partial charge in [-0.1, -0.05) is 18.2 Å². The van der Waals surface area contributed by atoms with Crippen LogP contribution in [-0.2, 0) is 15.9 Å². The lowest BCUT2D eigenvalue weighted by molar-refractivity contribution is -0.199. The first-order chi connectivity index (χ1) is 12.3. The maximum atomic E-state index is 9.30. The minimum absolute atomic E-state index is 0.477. The van der Waals surface area contributed by atoms with E-state index in [-0.39, 0.29) is 0 Å². The predicted octanol–water partition coefficient (Wildman–Crippen LogP) is 2.63. The van der Waals surface area contributed by atoms with E-state index in [1.54, 1.807) is 29.2 Å². The number of nitrogens with zero attached hydrogens (tertiary/aromatic N) is 4. The Labute approximate surface area is 148 Å². The fourth-order valence-corrected chi connectivity index (χ4v) is 2.52. The van der Waals surface area contributed by atoms with Gasteiger partial charge < -0.3 is 4.18 Å². The van der Waals surface area contributed by atoms with Crippen molar-refractivity contribution in [3.63, 3.8) is 0 Å². The van der Waals surface area contributed by atoms with Gasteiger partial charge in [-0.25, -0.2) is 9.67 Å². The van der Waals surface area contributed by atoms with Gasteiger partial charge in [0.2, 0.25) is 0 Å². The van der Waals surface area contributed by atoms with E-state index < -0.39 is 0 Å². The summed E-state index contributed by atoms with van der Waals surface area (Å²) < 4.78 is 11.2. The molecule has 0 amide bonds. The minimum atomic E-state index is 0.477. The molecular weight excluding hydrogens is 342 g/mol. The molecule has 8 nitrogen and oxygen atoms in total. The molecule has 0 radical (unpaired) electrons. The van der Waals surface area contributed by atoms with Gasteiger partial charge in [0.05, 0.1) is 18.2 Å². The molecule has 1 aromatic heterocycles. The molecule has 0 bridgehead atoms. The summed E-state index contributed by atoms with van der Waals surface area (Å²) in [6.45, 7) is 0.477. The van der Waals surface area contributed by atoms with E-state index in [1.807, 2.05) is 24.3 Å². The van der Waals surface area contributed by atoms with Crippen LogP contribution < -0.4 is 10.1 Å². The molecule has 1 heterocycles. The molecule has 9 heteroatoms. The second-order valence-electron chi connectivity index (χ2n) is 4.92. The Morgan fingerprint density at radius 3 is 2.64 bits per heavy atom. The first-order valence-corrected chi connectivity index (χ1v) is 7.79. The van der Waals surface area contributed by atoms with E-state index in [9.17, 15) is 5.26 Å². The van der Waals surface area contributed by atoms with Crippen LogP contribution in [0, 0.1) is 11.3 Å². The van der Waals surface area contributed by atoms with Gasteiger partial charge in [-0.3, -0.25) is 0 Å². The molecule has 0 unspecified atom stereocenters. The summed E-state index contributed by atoms with van der Waals surface area (Å²) in [5.74, 6) is 5.31. The van der Waals surface area contributed by atoms with Crippen LogP contribution in [0.2, 0.25) is 0 Å². The van der Waals surface area contributed by atoms with Gasteiger partial charge in [-0.2, -0.15) is 16.3 Å². The van der Waals surface area contributed by atoms with Crippen molar-refractivity contribution < 1.29 is 13.5 Å². The Hall–Kier alpha value is -2.90. The standard InChI is InChI=1S/C16H13N5O3S/c17-8-14-2-1-13(7-15(14)9-21-11-19-10-20-21)12-3-5-16(6-4-12)22-25-24-23-18/h1-7,10-11H,9,18H2. The highest BCUT2D eigenvalue weighted by Crippen LogP contribution is 2.26. The topological polar surface area (TPSA) is 108 Å². The summed E-state index contributed by atoms with van der Waals surface area (Å²) in [5.41, 5.74) is 3.44. The van der Waals surface area contributed by atoms with Gasteiger partial charge in [0, 0.05) is 0 Å². The van der Waals surface area contributed by atoms with Crippen molar-refractivity contribution in [2.75, 3.05) is 0 Å². The molecule has 0 saturated heterocycles. The molecule has 25 heavy (non-hydrogen) atoms. The molecule has 0 atom stereocenters. The summed E-state index contributed by atoms with van der Waals surface area (Å²) in [4.78, 5) is 7.86. The lowest BCUT2D eigenvalue weighted by Gasteiger charge is -2.09. The molecule has 0 aliphatic heterocycles. The number of nitrogens with two attached hydrogens (primary N) is 1. The van der Waals surface area contributed by atoms with Crippen LogP contribution in [0.5, 0.6) is 5.75 Å². The number of benzene rings is 2. The van der Waals surface area contributed by atoms with Crippen molar-refractivity contribution in [2.24, 2.45) is 5.90 Å². The summed E-state index contributed by atoms with van der Waals surface area (Å²) in [6.07, 6.45) is 3.08. The largest absolute Gasteiger partial charge is 0.399 e. The third kappa shape index (κ3) is 4.34. The van der Waals surface area contributed by atoms with E-state index in [2.05, 4.69) is 25.5 Å². The molecule has 0 saturated carbocycles. The van der Waals surface area contributed by atoms with Crippen molar-refractivity contribution in [1.82, 2.24) is 14.8 Å². The summed E-state index contributed by atoms with van der Waals surface area (Å²) in [7, 11) is 0. The van der Waals surface area contributed by atoms with E-state index in [0.29, 0.717) is 30.2 Å². The smallest absolute Gasteiger partial charge is 0.260 e. The van der Waals surface area contributed by atoms with E-state index in [0.717, 1.165) is 16.7 Å². The van der Waals surface area contributed by atoms with Crippen molar-refractivity contribution in [1.29, 1.82) is 5.26 Å². The SMILES string of the molecule is N#Cc1ccc(-c2ccc(OSOON)cc2)cc1Cn1cncn1. The lowest BCUT2D eigenvalue weighted by Crippen LogP contribution is -2.02. The molecule has 2 N–H and O–H groups in total. The molecule has 0 aliphatic rings. The lowest BCUT2D eigenvalue weighted by atomic mass is 9.99. The van der Waals surface area contributed by atoms with Crippen LogP contribution in [0.4, 0.5) is 0 Å². The number of aromatic nitrogens is 3. The van der Waals surface area contributed by atoms with Crippen molar-refractivity contribution in [3.05, 3.63) is 66.2 Å². The molecule has 3 aromatic rings. The zero-order valence-corrected chi connectivity index (χ0v) is 13.7. The summed E-state index contributed by atoms with van der Waals surface area (Å²) >= 11 is 0.619. The summed E-state index contributed by atoms with van der Waals surface area (Å²) in [6, 6.07) is 15.3. The second-order valence-corrected chi connectivity index (χ2v) is 5.36. The van der Waals surface area contributed by atoms with Crippen LogP contribution in [-0.4, -0.2) is 14.8 Å². The highest BCUT2D eigenvalue weighted by atomic mass is 32.2. The van der Waals surface area contributed by atoms with Crippen LogP contribution in [0.15, 0.2) is 55.1 Å². The average molecular weight is 355 g/mol. The highest BCUT2D eigenvalue weighted by molar-refractivity contribution is 7.90. The van der Waals surface area contributed by atoms with Gasteiger partial charge in [0.1, 0.15) is 18.4 Å². The molecule has 0 spiro atoms. The molecule has 2 aromatic carbocycles. The number of hydrogen-bond acceptors (Lipinski definition) is 8. The number of rotatable bonds is 7. The van der Waals surface area contributed by atoms with Crippen LogP contribution >= 0.6 is 12.3 Å². The Balaban J connectivity index is 1.81. The van der Waals surface area contributed by atoms with Crippen molar-refractivity contribution in [3.8, 4) is 22.9 Å². The normalized spacial score (nSPS) is 10.4. The maximum Gasteiger partial charge on any atom is 0.260 e. The van der Waals surface area contributed by atoms with Crippen LogP contribution in [0.25, 0.3) is 11.1 Å². The van der Waals surface area contributed by atoms with Crippen molar-refractivity contribution >= 4 is 12.3 Å². The quantitative estimate of drug-likeness (QED) is 0.298. The molecule has 0 aliphatic carbocycles. The third-order valence-electron chi connectivity index (χ3n) is 3.41. The molecule has 126 valence electrons. The Morgan fingerprint density at radius 1 is 1.16 bits per heavy atom. The average Bonchev–Trinajstić information content (AvgIpc) is 3.15. The van der Waals surface area contributed by atoms with Gasteiger partial charge in [0.15, 0.2) is 0 Å². The van der Waals surface area contributed by atoms with E-state index in [1.165, 1.54) is 6.33 Å². The summed E-state index contributed by atoms with van der Waals surface area (Å²) in [5, 5.41) is 13.4. The third-order valence-corrected chi connectivity index (χ3v) is 3.80. The Morgan fingerprint density at radius 2 is 1.96 bits per heavy atom. The van der Waals surface area contributed by atoms with Gasteiger partial charge in [-0.15, -0.1) is 9.32 Å². The fraction of sp³-hybridized carbons (Fsp3) is 0.0625. The van der Waals surface area contributed by atoms with Crippen LogP contribution in [0.1, 0.15) is 11.1 Å². The van der Waals surface area contributed by atoms with Gasteiger partial charge >= 0.3 is 0 Å². The predicted molar refractivity (Wildman–Crippen MR) is 90.3 cm³/mol. The second kappa shape index (κ2) is 8.27. The first-order valence-electron chi connectivity index (χ1n) is 7.13. The highest BCUT2D eigenvalue weighted by Gasteiger charge is 2.07. The molecular formula is C16H13N5O3S. The Kier molecular flexibility index (Phi) is 5.61. The monoisotopic (exact) mass is 355 g/mol. The number of hydrogen-bond donors (Lipinski definition) is 1. The zero-order chi connectivity index (χ0) is 17.5. The first kappa shape index (κ1) is 16.9. The van der Waals surface area contributed by atoms with E-state index >= 15 is 0 Å². The number of nitriles is 1. The van der Waals surface area contributed by atoms with Gasteiger partial charge in [-0.05, 0) is 41.0 Å². The van der Waals surface area contributed by atoms with E-state index in [4.69, 9.17) is 10.1 Å². The molecule has 0 fully saturated rings. The van der Waals surface area contributed by atoms with Crippen molar-refractivity contribution in [2.45, 2.75) is 6.54 Å². The maximum absolute atomic E-state index is 9.30. The molecule has 3 rings (SSSR count). The zero-order valence-electron chi connectivity index (χ0n) is 12.9. The van der Waals surface area contributed by atoms with Gasteiger partial charge in [0.25, 0.3) is 12.3 Å². The Bertz CT molecular complexity index is 862.